The zero-order valence-corrected chi connectivity index (χ0v) is 12.1. The smallest absolute Gasteiger partial charge is 0.282 e. The molecule has 1 aromatic rings. The molecule has 1 fully saturated rings. The van der Waals surface area contributed by atoms with Crippen LogP contribution in [-0.2, 0) is 0 Å². The summed E-state index contributed by atoms with van der Waals surface area (Å²) in [4.78, 5) is 25.0. The number of benzene rings is 1. The van der Waals surface area contributed by atoms with E-state index < -0.39 is 4.92 Å². The highest BCUT2D eigenvalue weighted by Gasteiger charge is 2.31. The number of nitrogens with zero attached hydrogens (tertiary/aromatic N) is 2. The van der Waals surface area contributed by atoms with Crippen molar-refractivity contribution in [1.29, 1.82) is 0 Å². The molecule has 0 bridgehead atoms. The molecule has 1 atom stereocenters. The molecule has 0 aromatic heterocycles. The topological polar surface area (TPSA) is 83.7 Å². The van der Waals surface area contributed by atoms with E-state index in [0.29, 0.717) is 12.1 Å². The van der Waals surface area contributed by atoms with Crippen molar-refractivity contribution < 1.29 is 14.8 Å². The van der Waals surface area contributed by atoms with Gasteiger partial charge in [0.05, 0.1) is 17.6 Å². The van der Waals surface area contributed by atoms with Crippen molar-refractivity contribution in [3.8, 4) is 0 Å². The lowest BCUT2D eigenvalue weighted by atomic mass is 10.0. The summed E-state index contributed by atoms with van der Waals surface area (Å²) in [6, 6.07) is 4.38. The summed E-state index contributed by atoms with van der Waals surface area (Å²) in [6.45, 7) is 2.13. The number of aliphatic hydroxyl groups is 1. The van der Waals surface area contributed by atoms with Crippen molar-refractivity contribution in [1.82, 2.24) is 4.90 Å². The number of nitro groups is 1. The van der Waals surface area contributed by atoms with Gasteiger partial charge in [-0.3, -0.25) is 14.9 Å². The molecule has 21 heavy (non-hydrogen) atoms. The standard InChI is InChI=1S/C15H20N2O4/c1-11-6-5-8-13(17(20)21)14(11)15(19)16-9-4-2-3-7-12(16)10-18/h5-6,8,12,18H,2-4,7,9-10H2,1H3. The van der Waals surface area contributed by atoms with Gasteiger partial charge in [-0.05, 0) is 25.3 Å². The Balaban J connectivity index is 2.40. The van der Waals surface area contributed by atoms with Crippen LogP contribution in [0, 0.1) is 17.0 Å². The van der Waals surface area contributed by atoms with Crippen LogP contribution in [0.4, 0.5) is 5.69 Å². The monoisotopic (exact) mass is 292 g/mol. The first-order valence-electron chi connectivity index (χ1n) is 7.22. The maximum atomic E-state index is 12.8. The fourth-order valence-corrected chi connectivity index (χ4v) is 2.86. The Bertz CT molecular complexity index is 544. The minimum Gasteiger partial charge on any atom is -0.394 e. The van der Waals surface area contributed by atoms with Gasteiger partial charge in [0.2, 0.25) is 0 Å². The Morgan fingerprint density at radius 3 is 2.86 bits per heavy atom. The number of nitro benzene ring substituents is 1. The third-order valence-electron chi connectivity index (χ3n) is 4.01. The maximum Gasteiger partial charge on any atom is 0.282 e. The van der Waals surface area contributed by atoms with E-state index in [4.69, 9.17) is 0 Å². The van der Waals surface area contributed by atoms with Crippen molar-refractivity contribution in [2.75, 3.05) is 13.2 Å². The molecule has 6 heteroatoms. The van der Waals surface area contributed by atoms with Crippen LogP contribution in [0.2, 0.25) is 0 Å². The van der Waals surface area contributed by atoms with E-state index in [0.717, 1.165) is 25.7 Å². The summed E-state index contributed by atoms with van der Waals surface area (Å²) in [5.74, 6) is -0.347. The number of hydrogen-bond acceptors (Lipinski definition) is 4. The number of hydrogen-bond donors (Lipinski definition) is 1. The second-order valence-electron chi connectivity index (χ2n) is 5.41. The number of amides is 1. The van der Waals surface area contributed by atoms with Gasteiger partial charge in [-0.25, -0.2) is 0 Å². The van der Waals surface area contributed by atoms with E-state index in [1.807, 2.05) is 0 Å². The molecule has 1 amide bonds. The van der Waals surface area contributed by atoms with Crippen molar-refractivity contribution in [2.45, 2.75) is 38.6 Å². The van der Waals surface area contributed by atoms with E-state index in [1.165, 1.54) is 6.07 Å². The first kappa shape index (κ1) is 15.4. The van der Waals surface area contributed by atoms with Gasteiger partial charge in [0.25, 0.3) is 11.6 Å². The summed E-state index contributed by atoms with van der Waals surface area (Å²) in [5.41, 5.74) is 0.568. The van der Waals surface area contributed by atoms with E-state index >= 15 is 0 Å². The van der Waals surface area contributed by atoms with Gasteiger partial charge in [-0.2, -0.15) is 0 Å². The lowest BCUT2D eigenvalue weighted by Crippen LogP contribution is -2.42. The molecule has 114 valence electrons. The molecule has 1 saturated heterocycles. The largest absolute Gasteiger partial charge is 0.394 e. The van der Waals surface area contributed by atoms with Gasteiger partial charge in [0, 0.05) is 12.6 Å². The van der Waals surface area contributed by atoms with E-state index in [9.17, 15) is 20.0 Å². The molecule has 0 aliphatic carbocycles. The van der Waals surface area contributed by atoms with Crippen LogP contribution in [0.15, 0.2) is 18.2 Å². The first-order chi connectivity index (χ1) is 10.1. The SMILES string of the molecule is Cc1cccc([N+](=O)[O-])c1C(=O)N1CCCCCC1CO. The van der Waals surface area contributed by atoms with Crippen molar-refractivity contribution in [2.24, 2.45) is 0 Å². The van der Waals surface area contributed by atoms with Crippen LogP contribution < -0.4 is 0 Å². The molecular weight excluding hydrogens is 272 g/mol. The highest BCUT2D eigenvalue weighted by atomic mass is 16.6. The molecule has 0 saturated carbocycles. The summed E-state index contributed by atoms with van der Waals surface area (Å²) >= 11 is 0. The molecule has 6 nitrogen and oxygen atoms in total. The molecule has 1 unspecified atom stereocenters. The number of aryl methyl sites for hydroxylation is 1. The lowest BCUT2D eigenvalue weighted by molar-refractivity contribution is -0.385. The quantitative estimate of drug-likeness (QED) is 0.684. The summed E-state index contributed by atoms with van der Waals surface area (Å²) in [6.07, 6.45) is 3.57. The zero-order valence-electron chi connectivity index (χ0n) is 12.1. The molecule has 0 spiro atoms. The second-order valence-corrected chi connectivity index (χ2v) is 5.41. The third-order valence-corrected chi connectivity index (χ3v) is 4.01. The Kier molecular flexibility index (Phi) is 4.90. The Labute approximate surface area is 123 Å². The van der Waals surface area contributed by atoms with Gasteiger partial charge >= 0.3 is 0 Å². The highest BCUT2D eigenvalue weighted by Crippen LogP contribution is 2.26. The number of carbonyl (C=O) groups excluding carboxylic acids is 1. The number of carbonyl (C=O) groups is 1. The molecule has 2 rings (SSSR count). The van der Waals surface area contributed by atoms with Gasteiger partial charge < -0.3 is 10.0 Å². The Hall–Kier alpha value is -1.95. The van der Waals surface area contributed by atoms with Crippen LogP contribution >= 0.6 is 0 Å². The molecule has 1 heterocycles. The van der Waals surface area contributed by atoms with Gasteiger partial charge in [0.15, 0.2) is 0 Å². The number of rotatable bonds is 3. The van der Waals surface area contributed by atoms with Gasteiger partial charge in [0.1, 0.15) is 5.56 Å². The summed E-state index contributed by atoms with van der Waals surface area (Å²) in [7, 11) is 0. The minimum atomic E-state index is -0.522. The van der Waals surface area contributed by atoms with Crippen LogP contribution in [0.25, 0.3) is 0 Å². The first-order valence-corrected chi connectivity index (χ1v) is 7.22. The molecule has 1 N–H and O–H groups in total. The average Bonchev–Trinajstić information content (AvgIpc) is 2.71. The second kappa shape index (κ2) is 6.67. The number of aliphatic hydroxyl groups excluding tert-OH is 1. The van der Waals surface area contributed by atoms with Crippen LogP contribution in [0.5, 0.6) is 0 Å². The van der Waals surface area contributed by atoms with Crippen molar-refractivity contribution in [3.63, 3.8) is 0 Å². The van der Waals surface area contributed by atoms with Crippen LogP contribution in [0.3, 0.4) is 0 Å². The van der Waals surface area contributed by atoms with Crippen molar-refractivity contribution >= 4 is 11.6 Å². The molecule has 1 aromatic carbocycles. The van der Waals surface area contributed by atoms with Crippen LogP contribution in [-0.4, -0.2) is 40.0 Å². The van der Waals surface area contributed by atoms with E-state index in [-0.39, 0.29) is 29.8 Å². The van der Waals surface area contributed by atoms with Gasteiger partial charge in [-0.15, -0.1) is 0 Å². The summed E-state index contributed by atoms with van der Waals surface area (Å²) < 4.78 is 0. The number of likely N-dealkylation sites (tertiary alicyclic amines) is 1. The molecule has 0 radical (unpaired) electrons. The van der Waals surface area contributed by atoms with E-state index in [2.05, 4.69) is 0 Å². The lowest BCUT2D eigenvalue weighted by Gasteiger charge is -2.29. The predicted molar refractivity (Wildman–Crippen MR) is 78.2 cm³/mol. The van der Waals surface area contributed by atoms with E-state index in [1.54, 1.807) is 24.0 Å². The van der Waals surface area contributed by atoms with Crippen molar-refractivity contribution in [3.05, 3.63) is 39.4 Å². The molecule has 1 aliphatic rings. The fourth-order valence-electron chi connectivity index (χ4n) is 2.86. The summed E-state index contributed by atoms with van der Waals surface area (Å²) in [5, 5.41) is 20.7. The predicted octanol–water partition coefficient (Wildman–Crippen LogP) is 2.28. The Morgan fingerprint density at radius 1 is 1.43 bits per heavy atom. The zero-order chi connectivity index (χ0) is 15.4. The van der Waals surface area contributed by atoms with Gasteiger partial charge in [-0.1, -0.05) is 25.0 Å². The average molecular weight is 292 g/mol. The Morgan fingerprint density at radius 2 is 2.19 bits per heavy atom. The molecule has 1 aliphatic heterocycles. The third kappa shape index (κ3) is 3.21. The minimum absolute atomic E-state index is 0.106. The fraction of sp³-hybridized carbons (Fsp3) is 0.533. The highest BCUT2D eigenvalue weighted by molar-refractivity contribution is 5.99. The molecular formula is C15H20N2O4. The van der Waals surface area contributed by atoms with Crippen LogP contribution in [0.1, 0.15) is 41.6 Å². The maximum absolute atomic E-state index is 12.8. The normalized spacial score (nSPS) is 19.1.